The number of nitrogens with one attached hydrogen (secondary N) is 1. The summed E-state index contributed by atoms with van der Waals surface area (Å²) in [4.78, 5) is 15.2. The predicted molar refractivity (Wildman–Crippen MR) is 71.1 cm³/mol. The molecule has 0 bridgehead atoms. The summed E-state index contributed by atoms with van der Waals surface area (Å²) in [5.74, 6) is -0.348. The SMILES string of the molecule is COC(=O)c1ccc(/C=N/Nc2nccs2)cc1. The van der Waals surface area contributed by atoms with Crippen LogP contribution in [0.3, 0.4) is 0 Å². The average Bonchev–Trinajstić information content (AvgIpc) is 2.92. The number of hydrogen-bond donors (Lipinski definition) is 1. The lowest BCUT2D eigenvalue weighted by Gasteiger charge is -1.99. The molecule has 18 heavy (non-hydrogen) atoms. The highest BCUT2D eigenvalue weighted by Crippen LogP contribution is 2.10. The third-order valence-corrected chi connectivity index (χ3v) is 2.82. The summed E-state index contributed by atoms with van der Waals surface area (Å²) in [6, 6.07) is 6.96. The molecule has 1 heterocycles. The number of ether oxygens (including phenoxy) is 1. The Morgan fingerprint density at radius 2 is 2.22 bits per heavy atom. The quantitative estimate of drug-likeness (QED) is 0.521. The lowest BCUT2D eigenvalue weighted by atomic mass is 10.1. The molecule has 0 amide bonds. The normalized spacial score (nSPS) is 10.5. The Balaban J connectivity index is 1.97. The number of hydrogen-bond acceptors (Lipinski definition) is 6. The minimum Gasteiger partial charge on any atom is -0.465 e. The second-order valence-electron chi connectivity index (χ2n) is 3.32. The van der Waals surface area contributed by atoms with Crippen molar-refractivity contribution in [3.05, 3.63) is 47.0 Å². The van der Waals surface area contributed by atoms with Crippen molar-refractivity contribution in [2.45, 2.75) is 0 Å². The molecule has 92 valence electrons. The number of methoxy groups -OCH3 is 1. The minimum atomic E-state index is -0.348. The highest BCUT2D eigenvalue weighted by molar-refractivity contribution is 7.13. The molecule has 0 aliphatic carbocycles. The fraction of sp³-hybridized carbons (Fsp3) is 0.0833. The Labute approximate surface area is 108 Å². The third kappa shape index (κ3) is 3.14. The Hall–Kier alpha value is -2.21. The van der Waals surface area contributed by atoms with Crippen LogP contribution in [0.1, 0.15) is 15.9 Å². The molecule has 6 heteroatoms. The summed E-state index contributed by atoms with van der Waals surface area (Å²) in [5.41, 5.74) is 4.20. The summed E-state index contributed by atoms with van der Waals surface area (Å²) in [6.07, 6.45) is 3.36. The molecule has 0 saturated carbocycles. The first-order valence-electron chi connectivity index (χ1n) is 5.16. The van der Waals surface area contributed by atoms with Gasteiger partial charge >= 0.3 is 5.97 Å². The molecule has 1 N–H and O–H groups in total. The van der Waals surface area contributed by atoms with Gasteiger partial charge in [0, 0.05) is 11.6 Å². The summed E-state index contributed by atoms with van der Waals surface area (Å²) >= 11 is 1.47. The van der Waals surface area contributed by atoms with E-state index in [-0.39, 0.29) is 5.97 Å². The van der Waals surface area contributed by atoms with E-state index in [1.54, 1.807) is 36.7 Å². The summed E-state index contributed by atoms with van der Waals surface area (Å²) in [7, 11) is 1.36. The van der Waals surface area contributed by atoms with Crippen LogP contribution >= 0.6 is 11.3 Å². The summed E-state index contributed by atoms with van der Waals surface area (Å²) in [5, 5.41) is 6.63. The molecule has 0 unspecified atom stereocenters. The number of carbonyl (C=O) groups excluding carboxylic acids is 1. The maximum Gasteiger partial charge on any atom is 0.337 e. The first-order chi connectivity index (χ1) is 8.79. The molecule has 5 nitrogen and oxygen atoms in total. The maximum absolute atomic E-state index is 11.2. The Morgan fingerprint density at radius 1 is 1.44 bits per heavy atom. The highest BCUT2D eigenvalue weighted by atomic mass is 32.1. The molecule has 1 aromatic heterocycles. The average molecular weight is 261 g/mol. The van der Waals surface area contributed by atoms with E-state index in [2.05, 4.69) is 20.2 Å². The van der Waals surface area contributed by atoms with Gasteiger partial charge in [0.1, 0.15) is 0 Å². The van der Waals surface area contributed by atoms with Crippen LogP contribution < -0.4 is 5.43 Å². The van der Waals surface area contributed by atoms with Gasteiger partial charge in [-0.25, -0.2) is 9.78 Å². The molecule has 2 rings (SSSR count). The van der Waals surface area contributed by atoms with E-state index < -0.39 is 0 Å². The van der Waals surface area contributed by atoms with Crippen molar-refractivity contribution in [3.63, 3.8) is 0 Å². The molecule has 0 saturated heterocycles. The molecule has 0 spiro atoms. The van der Waals surface area contributed by atoms with Crippen molar-refractivity contribution in [1.29, 1.82) is 0 Å². The second kappa shape index (κ2) is 5.92. The number of hydrazone groups is 1. The van der Waals surface area contributed by atoms with Crippen molar-refractivity contribution in [2.75, 3.05) is 12.5 Å². The number of nitrogens with zero attached hydrogens (tertiary/aromatic N) is 2. The first-order valence-corrected chi connectivity index (χ1v) is 6.04. The van der Waals surface area contributed by atoms with Crippen LogP contribution in [0, 0.1) is 0 Å². The number of anilines is 1. The Morgan fingerprint density at radius 3 is 2.83 bits per heavy atom. The summed E-state index contributed by atoms with van der Waals surface area (Å²) < 4.78 is 4.61. The van der Waals surface area contributed by atoms with Gasteiger partial charge in [0.05, 0.1) is 18.9 Å². The van der Waals surface area contributed by atoms with Gasteiger partial charge < -0.3 is 4.74 Å². The van der Waals surface area contributed by atoms with Gasteiger partial charge in [0.2, 0.25) is 5.13 Å². The third-order valence-electron chi connectivity index (χ3n) is 2.14. The zero-order chi connectivity index (χ0) is 12.8. The number of benzene rings is 1. The van der Waals surface area contributed by atoms with Gasteiger partial charge in [-0.15, -0.1) is 11.3 Å². The molecular formula is C12H11N3O2S. The standard InChI is InChI=1S/C12H11N3O2S/c1-17-11(16)10-4-2-9(3-5-10)8-14-15-12-13-6-7-18-12/h2-8H,1H3,(H,13,15)/b14-8+. The zero-order valence-electron chi connectivity index (χ0n) is 9.66. The van der Waals surface area contributed by atoms with E-state index in [9.17, 15) is 4.79 Å². The molecule has 0 atom stereocenters. The van der Waals surface area contributed by atoms with Crippen LogP contribution in [0.25, 0.3) is 0 Å². The van der Waals surface area contributed by atoms with Gasteiger partial charge in [-0.2, -0.15) is 5.10 Å². The van der Waals surface area contributed by atoms with E-state index in [1.165, 1.54) is 18.4 Å². The van der Waals surface area contributed by atoms with Gasteiger partial charge in [-0.3, -0.25) is 5.43 Å². The van der Waals surface area contributed by atoms with Crippen LogP contribution in [0.15, 0.2) is 40.9 Å². The van der Waals surface area contributed by atoms with Crippen LogP contribution in [-0.4, -0.2) is 24.3 Å². The van der Waals surface area contributed by atoms with Crippen molar-refractivity contribution >= 4 is 28.7 Å². The van der Waals surface area contributed by atoms with Gasteiger partial charge in [0.15, 0.2) is 0 Å². The zero-order valence-corrected chi connectivity index (χ0v) is 10.5. The minimum absolute atomic E-state index is 0.348. The molecule has 1 aromatic carbocycles. The van der Waals surface area contributed by atoms with Crippen LogP contribution in [0.4, 0.5) is 5.13 Å². The second-order valence-corrected chi connectivity index (χ2v) is 4.22. The molecule has 0 aliphatic heterocycles. The van der Waals surface area contributed by atoms with Crippen LogP contribution in [0.2, 0.25) is 0 Å². The lowest BCUT2D eigenvalue weighted by Crippen LogP contribution is -2.00. The molecular weight excluding hydrogens is 250 g/mol. The summed E-state index contributed by atoms with van der Waals surface area (Å²) in [6.45, 7) is 0. The number of carbonyl (C=O) groups is 1. The van der Waals surface area contributed by atoms with E-state index in [0.29, 0.717) is 5.56 Å². The predicted octanol–water partition coefficient (Wildman–Crippen LogP) is 2.38. The van der Waals surface area contributed by atoms with Crippen molar-refractivity contribution in [2.24, 2.45) is 5.10 Å². The number of thiazole rings is 1. The van der Waals surface area contributed by atoms with E-state index in [1.807, 2.05) is 5.38 Å². The maximum atomic E-state index is 11.2. The Kier molecular flexibility index (Phi) is 4.03. The van der Waals surface area contributed by atoms with Crippen LogP contribution in [-0.2, 0) is 4.74 Å². The van der Waals surface area contributed by atoms with E-state index >= 15 is 0 Å². The Bertz CT molecular complexity index is 535. The van der Waals surface area contributed by atoms with Gasteiger partial charge in [-0.1, -0.05) is 12.1 Å². The molecule has 0 aliphatic rings. The van der Waals surface area contributed by atoms with Crippen LogP contribution in [0.5, 0.6) is 0 Å². The fourth-order valence-electron chi connectivity index (χ4n) is 1.26. The number of aromatic nitrogens is 1. The molecule has 0 fully saturated rings. The topological polar surface area (TPSA) is 63.6 Å². The number of esters is 1. The largest absolute Gasteiger partial charge is 0.465 e. The van der Waals surface area contributed by atoms with Gasteiger partial charge in [0.25, 0.3) is 0 Å². The lowest BCUT2D eigenvalue weighted by molar-refractivity contribution is 0.0601. The van der Waals surface area contributed by atoms with E-state index in [4.69, 9.17) is 0 Å². The van der Waals surface area contributed by atoms with Crippen molar-refractivity contribution in [3.8, 4) is 0 Å². The van der Waals surface area contributed by atoms with E-state index in [0.717, 1.165) is 10.7 Å². The highest BCUT2D eigenvalue weighted by Gasteiger charge is 2.03. The smallest absolute Gasteiger partial charge is 0.337 e. The number of rotatable bonds is 4. The first kappa shape index (κ1) is 12.3. The molecule has 0 radical (unpaired) electrons. The fourth-order valence-corrected chi connectivity index (χ4v) is 1.74. The monoisotopic (exact) mass is 261 g/mol. The van der Waals surface area contributed by atoms with Crippen molar-refractivity contribution < 1.29 is 9.53 Å². The molecule has 2 aromatic rings. The van der Waals surface area contributed by atoms with Gasteiger partial charge in [-0.05, 0) is 17.7 Å². The van der Waals surface area contributed by atoms with Crippen molar-refractivity contribution in [1.82, 2.24) is 4.98 Å².